The number of carboxylic acid groups (broad SMARTS) is 1. The maximum atomic E-state index is 12.0. The highest BCUT2D eigenvalue weighted by Crippen LogP contribution is 2.42. The molecule has 2 aliphatic rings. The van der Waals surface area contributed by atoms with E-state index in [1.807, 2.05) is 18.2 Å². The summed E-state index contributed by atoms with van der Waals surface area (Å²) in [6.45, 7) is 2.11. The molecule has 2 fully saturated rings. The molecule has 106 valence electrons. The molecular formula is C16H19NO3. The van der Waals surface area contributed by atoms with E-state index in [1.54, 1.807) is 0 Å². The third-order valence-corrected chi connectivity index (χ3v) is 4.76. The zero-order chi connectivity index (χ0) is 14.3. The van der Waals surface area contributed by atoms with E-state index in [1.165, 1.54) is 5.56 Å². The maximum Gasteiger partial charge on any atom is 0.315 e. The fourth-order valence-corrected chi connectivity index (χ4v) is 3.86. The topological polar surface area (TPSA) is 57.6 Å². The van der Waals surface area contributed by atoms with E-state index >= 15 is 0 Å². The lowest BCUT2D eigenvalue weighted by Crippen LogP contribution is -2.52. The van der Waals surface area contributed by atoms with Crippen LogP contribution in [0.5, 0.6) is 0 Å². The van der Waals surface area contributed by atoms with Crippen LogP contribution in [0.3, 0.4) is 0 Å². The number of nitrogens with zero attached hydrogens (tertiary/aromatic N) is 1. The van der Waals surface area contributed by atoms with Gasteiger partial charge in [-0.2, -0.15) is 0 Å². The van der Waals surface area contributed by atoms with Gasteiger partial charge in [-0.05, 0) is 25.3 Å². The third kappa shape index (κ3) is 2.04. The molecule has 0 saturated carbocycles. The Kier molecular flexibility index (Phi) is 3.34. The number of hydrogen-bond acceptors (Lipinski definition) is 3. The molecule has 2 bridgehead atoms. The normalized spacial score (nSPS) is 31.2. The fourth-order valence-electron chi connectivity index (χ4n) is 3.86. The van der Waals surface area contributed by atoms with Crippen molar-refractivity contribution in [3.05, 3.63) is 35.9 Å². The summed E-state index contributed by atoms with van der Waals surface area (Å²) in [5.74, 6) is -1.91. The summed E-state index contributed by atoms with van der Waals surface area (Å²) in [6, 6.07) is 10.3. The first-order valence-electron chi connectivity index (χ1n) is 7.17. The lowest BCUT2D eigenvalue weighted by molar-refractivity contribution is -0.152. The molecule has 2 unspecified atom stereocenters. The van der Waals surface area contributed by atoms with Gasteiger partial charge in [0.1, 0.15) is 11.7 Å². The summed E-state index contributed by atoms with van der Waals surface area (Å²) in [7, 11) is 0. The largest absolute Gasteiger partial charge is 0.481 e. The molecule has 1 aromatic carbocycles. The van der Waals surface area contributed by atoms with Crippen molar-refractivity contribution >= 4 is 11.8 Å². The van der Waals surface area contributed by atoms with E-state index in [2.05, 4.69) is 24.0 Å². The Balaban J connectivity index is 1.91. The molecule has 1 N–H and O–H groups in total. The highest BCUT2D eigenvalue weighted by molar-refractivity contribution is 6.00. The minimum Gasteiger partial charge on any atom is -0.481 e. The summed E-state index contributed by atoms with van der Waals surface area (Å²) in [5, 5.41) is 9.35. The van der Waals surface area contributed by atoms with Crippen molar-refractivity contribution in [2.24, 2.45) is 5.92 Å². The molecular weight excluding hydrogens is 254 g/mol. The highest BCUT2D eigenvalue weighted by atomic mass is 16.4. The van der Waals surface area contributed by atoms with Crippen LogP contribution in [0.2, 0.25) is 0 Å². The number of hydrogen-bond donors (Lipinski definition) is 1. The number of aliphatic carboxylic acids is 1. The first-order chi connectivity index (χ1) is 9.59. The molecule has 2 aliphatic heterocycles. The first kappa shape index (κ1) is 13.3. The van der Waals surface area contributed by atoms with Crippen molar-refractivity contribution in [2.75, 3.05) is 0 Å². The van der Waals surface area contributed by atoms with Crippen molar-refractivity contribution in [1.29, 1.82) is 0 Å². The van der Waals surface area contributed by atoms with Gasteiger partial charge < -0.3 is 5.11 Å². The van der Waals surface area contributed by atoms with Crippen LogP contribution in [0.25, 0.3) is 0 Å². The molecule has 1 aromatic rings. The quantitative estimate of drug-likeness (QED) is 0.858. The Labute approximate surface area is 118 Å². The van der Waals surface area contributed by atoms with Crippen molar-refractivity contribution in [3.8, 4) is 0 Å². The van der Waals surface area contributed by atoms with Crippen LogP contribution in [0.4, 0.5) is 0 Å². The minimum atomic E-state index is -0.967. The number of carbonyl (C=O) groups excluding carboxylic acids is 1. The van der Waals surface area contributed by atoms with Crippen LogP contribution in [0, 0.1) is 5.92 Å². The van der Waals surface area contributed by atoms with Gasteiger partial charge in [-0.1, -0.05) is 30.3 Å². The lowest BCUT2D eigenvalue weighted by Gasteiger charge is -2.41. The van der Waals surface area contributed by atoms with E-state index in [4.69, 9.17) is 0 Å². The number of fused-ring (bicyclic) bond motifs is 2. The summed E-state index contributed by atoms with van der Waals surface area (Å²) in [5.41, 5.74) is 1.18. The van der Waals surface area contributed by atoms with Gasteiger partial charge in [0.25, 0.3) is 0 Å². The highest BCUT2D eigenvalue weighted by Gasteiger charge is 2.51. The molecule has 20 heavy (non-hydrogen) atoms. The summed E-state index contributed by atoms with van der Waals surface area (Å²) < 4.78 is 0. The van der Waals surface area contributed by atoms with Gasteiger partial charge in [0, 0.05) is 24.5 Å². The van der Waals surface area contributed by atoms with Crippen LogP contribution in [0.1, 0.15) is 37.8 Å². The molecule has 2 saturated heterocycles. The molecule has 4 atom stereocenters. The van der Waals surface area contributed by atoms with Crippen LogP contribution in [-0.2, 0) is 9.59 Å². The van der Waals surface area contributed by atoms with E-state index < -0.39 is 11.9 Å². The number of benzene rings is 1. The number of piperidine rings is 1. The Morgan fingerprint density at radius 2 is 2.00 bits per heavy atom. The smallest absolute Gasteiger partial charge is 0.315 e. The van der Waals surface area contributed by atoms with E-state index in [-0.39, 0.29) is 23.9 Å². The Bertz CT molecular complexity index is 528. The average Bonchev–Trinajstić information content (AvgIpc) is 2.74. The molecule has 4 heteroatoms. The molecule has 0 aliphatic carbocycles. The zero-order valence-corrected chi connectivity index (χ0v) is 11.5. The average molecular weight is 273 g/mol. The standard InChI is InChI=1S/C16H19NO3/c1-10(11-5-3-2-4-6-11)17-12-7-8-13(17)15(16(19)20)14(18)9-12/h2-6,10,12-13,15H,7-9H2,1H3,(H,19,20)/t10?,12-,13+,15?/m0/s1. The molecule has 3 rings (SSSR count). The molecule has 0 amide bonds. The molecule has 0 radical (unpaired) electrons. The summed E-state index contributed by atoms with van der Waals surface area (Å²) in [6.07, 6.45) is 2.12. The molecule has 0 aromatic heterocycles. The fraction of sp³-hybridized carbons (Fsp3) is 0.500. The van der Waals surface area contributed by atoms with Gasteiger partial charge in [-0.25, -0.2) is 0 Å². The van der Waals surface area contributed by atoms with Gasteiger partial charge in [0.15, 0.2) is 0 Å². The second kappa shape index (κ2) is 5.02. The van der Waals surface area contributed by atoms with Crippen LogP contribution in [0.15, 0.2) is 30.3 Å². The minimum absolute atomic E-state index is 0.0958. The van der Waals surface area contributed by atoms with Gasteiger partial charge in [-0.15, -0.1) is 0 Å². The number of carboxylic acids is 1. The zero-order valence-electron chi connectivity index (χ0n) is 11.5. The van der Waals surface area contributed by atoms with Crippen LogP contribution >= 0.6 is 0 Å². The maximum absolute atomic E-state index is 12.0. The molecule has 4 nitrogen and oxygen atoms in total. The number of Topliss-reactive ketones (excluding diaryl/α,β-unsaturated/α-hetero) is 1. The summed E-state index contributed by atoms with van der Waals surface area (Å²) in [4.78, 5) is 25.7. The van der Waals surface area contributed by atoms with Crippen molar-refractivity contribution < 1.29 is 14.7 Å². The SMILES string of the molecule is CC(c1ccccc1)N1[C@H]2CC[C@@H]1C(C(=O)O)C(=O)C2. The second-order valence-electron chi connectivity index (χ2n) is 5.82. The molecule has 0 spiro atoms. The Hall–Kier alpha value is -1.68. The number of ketones is 1. The van der Waals surface area contributed by atoms with Crippen molar-refractivity contribution in [3.63, 3.8) is 0 Å². The van der Waals surface area contributed by atoms with E-state index in [0.29, 0.717) is 6.42 Å². The third-order valence-electron chi connectivity index (χ3n) is 4.76. The van der Waals surface area contributed by atoms with E-state index in [0.717, 1.165) is 12.8 Å². The number of carbonyl (C=O) groups is 2. The van der Waals surface area contributed by atoms with Gasteiger partial charge >= 0.3 is 5.97 Å². The van der Waals surface area contributed by atoms with Crippen LogP contribution in [-0.4, -0.2) is 33.8 Å². The van der Waals surface area contributed by atoms with Crippen LogP contribution < -0.4 is 0 Å². The van der Waals surface area contributed by atoms with Gasteiger partial charge in [0.05, 0.1) is 0 Å². The van der Waals surface area contributed by atoms with Crippen molar-refractivity contribution in [2.45, 2.75) is 44.3 Å². The van der Waals surface area contributed by atoms with E-state index in [9.17, 15) is 14.7 Å². The monoisotopic (exact) mass is 273 g/mol. The Morgan fingerprint density at radius 1 is 1.30 bits per heavy atom. The Morgan fingerprint density at radius 3 is 2.65 bits per heavy atom. The second-order valence-corrected chi connectivity index (χ2v) is 5.82. The predicted molar refractivity (Wildman–Crippen MR) is 74.3 cm³/mol. The summed E-state index contributed by atoms with van der Waals surface area (Å²) >= 11 is 0. The van der Waals surface area contributed by atoms with Gasteiger partial charge in [-0.3, -0.25) is 14.5 Å². The van der Waals surface area contributed by atoms with Crippen molar-refractivity contribution in [1.82, 2.24) is 4.90 Å². The number of rotatable bonds is 3. The molecule has 2 heterocycles. The lowest BCUT2D eigenvalue weighted by atomic mass is 9.87. The predicted octanol–water partition coefficient (Wildman–Crippen LogP) is 2.25. The first-order valence-corrected chi connectivity index (χ1v) is 7.17. The van der Waals surface area contributed by atoms with Gasteiger partial charge in [0.2, 0.25) is 0 Å².